The van der Waals surface area contributed by atoms with Crippen LogP contribution in [0, 0.1) is 0 Å². The molecular formula is C16H19F3O2S. The van der Waals surface area contributed by atoms with Gasteiger partial charge in [-0.1, -0.05) is 24.6 Å². The Kier molecular flexibility index (Phi) is 4.10. The van der Waals surface area contributed by atoms with E-state index >= 15 is 0 Å². The minimum absolute atomic E-state index is 0.0108. The summed E-state index contributed by atoms with van der Waals surface area (Å²) in [4.78, 5) is 0. The van der Waals surface area contributed by atoms with E-state index in [1.165, 1.54) is 6.07 Å². The molecule has 2 aliphatic heterocycles. The number of rotatable bonds is 2. The van der Waals surface area contributed by atoms with Gasteiger partial charge in [-0.2, -0.15) is 13.2 Å². The molecule has 6 heteroatoms. The van der Waals surface area contributed by atoms with Crippen molar-refractivity contribution in [2.45, 2.75) is 60.8 Å². The first-order valence-electron chi connectivity index (χ1n) is 7.55. The molecule has 2 unspecified atom stereocenters. The summed E-state index contributed by atoms with van der Waals surface area (Å²) in [6.07, 6.45) is -0.619. The average molecular weight is 332 g/mol. The quantitative estimate of drug-likeness (QED) is 0.901. The molecule has 0 radical (unpaired) electrons. The largest absolute Gasteiger partial charge is 0.416 e. The van der Waals surface area contributed by atoms with Gasteiger partial charge in [0.2, 0.25) is 0 Å². The highest BCUT2D eigenvalue weighted by Crippen LogP contribution is 2.41. The van der Waals surface area contributed by atoms with Crippen molar-refractivity contribution >= 4 is 10.8 Å². The molecule has 0 saturated carbocycles. The summed E-state index contributed by atoms with van der Waals surface area (Å²) in [5.41, 5.74) is -1.23. The Bertz CT molecular complexity index is 569. The summed E-state index contributed by atoms with van der Waals surface area (Å²) in [7, 11) is -0.899. The van der Waals surface area contributed by atoms with Gasteiger partial charge in [-0.3, -0.25) is 4.21 Å². The first-order chi connectivity index (χ1) is 10.3. The van der Waals surface area contributed by atoms with Crippen LogP contribution in [0.2, 0.25) is 0 Å². The molecule has 2 aliphatic rings. The second-order valence-electron chi connectivity index (χ2n) is 6.51. The lowest BCUT2D eigenvalue weighted by Gasteiger charge is -2.43. The third kappa shape index (κ3) is 3.23. The molecule has 2 bridgehead atoms. The average Bonchev–Trinajstić information content (AvgIpc) is 2.40. The van der Waals surface area contributed by atoms with Crippen LogP contribution in [-0.2, 0) is 23.4 Å². The first-order valence-corrected chi connectivity index (χ1v) is 8.82. The molecule has 2 saturated heterocycles. The Labute approximate surface area is 130 Å². The minimum atomic E-state index is -4.37. The lowest BCUT2D eigenvalue weighted by molar-refractivity contribution is -0.137. The highest BCUT2D eigenvalue weighted by atomic mass is 32.2. The van der Waals surface area contributed by atoms with Crippen molar-refractivity contribution in [1.29, 1.82) is 0 Å². The smallest absolute Gasteiger partial charge is 0.389 e. The van der Waals surface area contributed by atoms with E-state index in [-0.39, 0.29) is 16.9 Å². The topological polar surface area (TPSA) is 37.3 Å². The molecule has 22 heavy (non-hydrogen) atoms. The Balaban J connectivity index is 1.79. The zero-order valence-electron chi connectivity index (χ0n) is 12.1. The molecule has 2 nitrogen and oxygen atoms in total. The van der Waals surface area contributed by atoms with Crippen LogP contribution >= 0.6 is 0 Å². The van der Waals surface area contributed by atoms with Crippen molar-refractivity contribution in [2.75, 3.05) is 0 Å². The van der Waals surface area contributed by atoms with Crippen molar-refractivity contribution in [3.8, 4) is 0 Å². The van der Waals surface area contributed by atoms with Crippen molar-refractivity contribution in [3.05, 3.63) is 35.4 Å². The maximum Gasteiger partial charge on any atom is 0.416 e. The van der Waals surface area contributed by atoms with Crippen LogP contribution in [0.15, 0.2) is 24.3 Å². The van der Waals surface area contributed by atoms with Crippen molar-refractivity contribution in [2.24, 2.45) is 0 Å². The monoisotopic (exact) mass is 332 g/mol. The van der Waals surface area contributed by atoms with E-state index in [2.05, 4.69) is 0 Å². The van der Waals surface area contributed by atoms with Gasteiger partial charge in [-0.05, 0) is 37.3 Å². The minimum Gasteiger partial charge on any atom is -0.389 e. The predicted molar refractivity (Wildman–Crippen MR) is 78.9 cm³/mol. The van der Waals surface area contributed by atoms with Crippen LogP contribution in [0.4, 0.5) is 13.2 Å². The SMILES string of the molecule is O=S1C2CCCC1CC(O)(Cc1cccc(C(F)(F)F)c1)C2. The molecule has 1 N–H and O–H groups in total. The van der Waals surface area contributed by atoms with E-state index in [0.717, 1.165) is 31.4 Å². The fourth-order valence-electron chi connectivity index (χ4n) is 3.76. The van der Waals surface area contributed by atoms with E-state index < -0.39 is 28.1 Å². The molecule has 2 atom stereocenters. The zero-order valence-corrected chi connectivity index (χ0v) is 12.9. The van der Waals surface area contributed by atoms with Gasteiger partial charge in [0.05, 0.1) is 11.2 Å². The van der Waals surface area contributed by atoms with Crippen LogP contribution in [0.25, 0.3) is 0 Å². The van der Waals surface area contributed by atoms with E-state index in [4.69, 9.17) is 0 Å². The van der Waals surface area contributed by atoms with Crippen LogP contribution in [-0.4, -0.2) is 25.4 Å². The molecule has 0 aromatic heterocycles. The third-order valence-corrected chi connectivity index (χ3v) is 6.83. The third-order valence-electron chi connectivity index (χ3n) is 4.71. The highest BCUT2D eigenvalue weighted by Gasteiger charge is 2.45. The van der Waals surface area contributed by atoms with E-state index in [1.54, 1.807) is 6.07 Å². The summed E-state index contributed by atoms with van der Waals surface area (Å²) < 4.78 is 50.5. The molecule has 0 spiro atoms. The Morgan fingerprint density at radius 1 is 1.23 bits per heavy atom. The van der Waals surface area contributed by atoms with Crippen molar-refractivity contribution in [1.82, 2.24) is 0 Å². The lowest BCUT2D eigenvalue weighted by Crippen LogP contribution is -2.50. The lowest BCUT2D eigenvalue weighted by atomic mass is 9.81. The second-order valence-corrected chi connectivity index (χ2v) is 8.50. The summed E-state index contributed by atoms with van der Waals surface area (Å²) >= 11 is 0. The highest BCUT2D eigenvalue weighted by molar-refractivity contribution is 7.86. The number of fused-ring (bicyclic) bond motifs is 2. The van der Waals surface area contributed by atoms with Crippen molar-refractivity contribution < 1.29 is 22.5 Å². The standard InChI is InChI=1S/C16H19F3O2S/c17-16(18,19)12-4-1-3-11(7-12)8-15(20)9-13-5-2-6-14(10-15)22(13)21/h1,3-4,7,13-14,20H,2,5-6,8-10H2. The molecule has 3 rings (SSSR count). The molecule has 2 fully saturated rings. The molecule has 1 aromatic carbocycles. The number of halogens is 3. The molecule has 1 aromatic rings. The number of aliphatic hydroxyl groups is 1. The summed E-state index contributed by atoms with van der Waals surface area (Å²) in [5, 5.41) is 10.8. The Morgan fingerprint density at radius 2 is 1.86 bits per heavy atom. The van der Waals surface area contributed by atoms with Crippen LogP contribution in [0.5, 0.6) is 0 Å². The van der Waals surface area contributed by atoms with Gasteiger partial charge >= 0.3 is 6.18 Å². The fourth-order valence-corrected chi connectivity index (χ4v) is 6.05. The summed E-state index contributed by atoms with van der Waals surface area (Å²) in [5.74, 6) is 0. The van der Waals surface area contributed by atoms with Gasteiger partial charge < -0.3 is 5.11 Å². The van der Waals surface area contributed by atoms with E-state index in [0.29, 0.717) is 18.4 Å². The van der Waals surface area contributed by atoms with Gasteiger partial charge in [-0.15, -0.1) is 0 Å². The van der Waals surface area contributed by atoms with Gasteiger partial charge in [0.1, 0.15) is 0 Å². The maximum atomic E-state index is 12.8. The summed E-state index contributed by atoms with van der Waals surface area (Å²) in [6.45, 7) is 0. The first kappa shape index (κ1) is 16.0. The van der Waals surface area contributed by atoms with Crippen LogP contribution in [0.1, 0.15) is 43.2 Å². The van der Waals surface area contributed by atoms with E-state index in [9.17, 15) is 22.5 Å². The number of hydrogen-bond acceptors (Lipinski definition) is 2. The van der Waals surface area contributed by atoms with Gasteiger partial charge in [0.15, 0.2) is 0 Å². The molecule has 0 amide bonds. The second kappa shape index (κ2) is 5.64. The Morgan fingerprint density at radius 3 is 2.45 bits per heavy atom. The molecule has 0 aliphatic carbocycles. The van der Waals surface area contributed by atoms with Gasteiger partial charge in [0.25, 0.3) is 0 Å². The molecule has 122 valence electrons. The summed E-state index contributed by atoms with van der Waals surface area (Å²) in [6, 6.07) is 5.15. The fraction of sp³-hybridized carbons (Fsp3) is 0.625. The Hall–Kier alpha value is -0.880. The molecule has 2 heterocycles. The number of alkyl halides is 3. The number of hydrogen-bond donors (Lipinski definition) is 1. The van der Waals surface area contributed by atoms with Gasteiger partial charge in [0, 0.05) is 27.7 Å². The normalized spacial score (nSPS) is 35.4. The van der Waals surface area contributed by atoms with E-state index in [1.807, 2.05) is 0 Å². The maximum absolute atomic E-state index is 12.8. The van der Waals surface area contributed by atoms with Crippen LogP contribution in [0.3, 0.4) is 0 Å². The molecular weight excluding hydrogens is 313 g/mol. The van der Waals surface area contributed by atoms with Gasteiger partial charge in [-0.25, -0.2) is 0 Å². The van der Waals surface area contributed by atoms with Crippen LogP contribution < -0.4 is 0 Å². The predicted octanol–water partition coefficient (Wildman–Crippen LogP) is 3.44. The number of benzene rings is 1. The zero-order chi connectivity index (χ0) is 16.0. The van der Waals surface area contributed by atoms with Crippen molar-refractivity contribution in [3.63, 3.8) is 0 Å².